The Morgan fingerprint density at radius 2 is 1.74 bits per heavy atom. The molecule has 6 heteroatoms. The van der Waals surface area contributed by atoms with Gasteiger partial charge in [0.1, 0.15) is 5.60 Å². The number of pyridine rings is 1. The zero-order valence-electron chi connectivity index (χ0n) is 13.2. The standard InChI is InChI=1S/C17H18N2O4/c1-17(2,3)23-16(22)19(13-7-9-18-10-8-13)14-6-4-5-12(11-14)15(20)21/h4-11H,1-3H3,(H,20,21). The molecule has 0 saturated carbocycles. The van der Waals surface area contributed by atoms with Gasteiger partial charge in [-0.2, -0.15) is 0 Å². The fourth-order valence-electron chi connectivity index (χ4n) is 1.94. The van der Waals surface area contributed by atoms with Crippen molar-refractivity contribution in [2.24, 2.45) is 0 Å². The molecule has 0 spiro atoms. The second-order valence-corrected chi connectivity index (χ2v) is 5.88. The zero-order chi connectivity index (χ0) is 17.0. The minimum absolute atomic E-state index is 0.0881. The molecule has 0 unspecified atom stereocenters. The number of carboxylic acids is 1. The van der Waals surface area contributed by atoms with Crippen molar-refractivity contribution in [1.82, 2.24) is 4.98 Å². The summed E-state index contributed by atoms with van der Waals surface area (Å²) in [7, 11) is 0. The van der Waals surface area contributed by atoms with Gasteiger partial charge in [0, 0.05) is 12.4 Å². The average molecular weight is 314 g/mol. The van der Waals surface area contributed by atoms with Crippen LogP contribution in [0.1, 0.15) is 31.1 Å². The van der Waals surface area contributed by atoms with Crippen LogP contribution in [0.25, 0.3) is 0 Å². The number of rotatable bonds is 3. The van der Waals surface area contributed by atoms with Crippen LogP contribution in [0.5, 0.6) is 0 Å². The second kappa shape index (κ2) is 6.48. The predicted octanol–water partition coefficient (Wildman–Crippen LogP) is 3.85. The normalized spacial score (nSPS) is 10.9. The Morgan fingerprint density at radius 1 is 1.09 bits per heavy atom. The first-order valence-corrected chi connectivity index (χ1v) is 7.04. The van der Waals surface area contributed by atoms with E-state index < -0.39 is 17.7 Å². The maximum atomic E-state index is 12.6. The molecular formula is C17H18N2O4. The van der Waals surface area contributed by atoms with Gasteiger partial charge in [-0.05, 0) is 51.1 Å². The monoisotopic (exact) mass is 314 g/mol. The molecule has 0 aliphatic rings. The van der Waals surface area contributed by atoms with Crippen LogP contribution in [0.15, 0.2) is 48.8 Å². The molecule has 0 aliphatic heterocycles. The van der Waals surface area contributed by atoms with Crippen molar-refractivity contribution in [2.45, 2.75) is 26.4 Å². The van der Waals surface area contributed by atoms with Crippen LogP contribution in [-0.4, -0.2) is 27.8 Å². The summed E-state index contributed by atoms with van der Waals surface area (Å²) >= 11 is 0. The number of aromatic carboxylic acids is 1. The molecule has 1 heterocycles. The fourth-order valence-corrected chi connectivity index (χ4v) is 1.94. The number of carbonyl (C=O) groups is 2. The molecule has 120 valence electrons. The third-order valence-electron chi connectivity index (χ3n) is 2.85. The molecule has 0 aliphatic carbocycles. The van der Waals surface area contributed by atoms with Gasteiger partial charge in [-0.15, -0.1) is 0 Å². The quantitative estimate of drug-likeness (QED) is 0.930. The molecule has 0 saturated heterocycles. The molecular weight excluding hydrogens is 296 g/mol. The van der Waals surface area contributed by atoms with E-state index in [0.29, 0.717) is 11.4 Å². The SMILES string of the molecule is CC(C)(C)OC(=O)N(c1ccncc1)c1cccc(C(=O)O)c1. The van der Waals surface area contributed by atoms with Gasteiger partial charge in [-0.3, -0.25) is 4.98 Å². The van der Waals surface area contributed by atoms with Crippen molar-refractivity contribution in [3.8, 4) is 0 Å². The number of hydrogen-bond acceptors (Lipinski definition) is 4. The number of carboxylic acid groups (broad SMARTS) is 1. The minimum atomic E-state index is -1.06. The van der Waals surface area contributed by atoms with Crippen LogP contribution >= 0.6 is 0 Å². The Labute approximate surface area is 134 Å². The van der Waals surface area contributed by atoms with Gasteiger partial charge in [0.2, 0.25) is 0 Å². The summed E-state index contributed by atoms with van der Waals surface area (Å²) in [5.41, 5.74) is 0.361. The lowest BCUT2D eigenvalue weighted by Crippen LogP contribution is -2.34. The van der Waals surface area contributed by atoms with E-state index >= 15 is 0 Å². The van der Waals surface area contributed by atoms with E-state index in [1.165, 1.54) is 17.0 Å². The van der Waals surface area contributed by atoms with Crippen molar-refractivity contribution in [1.29, 1.82) is 0 Å². The molecule has 0 fully saturated rings. The lowest BCUT2D eigenvalue weighted by Gasteiger charge is -2.27. The van der Waals surface area contributed by atoms with Crippen molar-refractivity contribution in [2.75, 3.05) is 4.90 Å². The van der Waals surface area contributed by atoms with Crippen molar-refractivity contribution in [3.63, 3.8) is 0 Å². The van der Waals surface area contributed by atoms with Crippen LogP contribution in [0.4, 0.5) is 16.2 Å². The molecule has 2 rings (SSSR count). The maximum Gasteiger partial charge on any atom is 0.419 e. The topological polar surface area (TPSA) is 79.7 Å². The lowest BCUT2D eigenvalue weighted by molar-refractivity contribution is 0.0597. The third-order valence-corrected chi connectivity index (χ3v) is 2.85. The van der Waals surface area contributed by atoms with Crippen LogP contribution in [0, 0.1) is 0 Å². The van der Waals surface area contributed by atoms with Gasteiger partial charge in [0.15, 0.2) is 0 Å². The molecule has 2 aromatic rings. The first-order chi connectivity index (χ1) is 10.8. The highest BCUT2D eigenvalue weighted by molar-refractivity contribution is 5.98. The summed E-state index contributed by atoms with van der Waals surface area (Å²) in [5.74, 6) is -1.06. The first kappa shape index (κ1) is 16.5. The maximum absolute atomic E-state index is 12.6. The number of hydrogen-bond donors (Lipinski definition) is 1. The average Bonchev–Trinajstić information content (AvgIpc) is 2.47. The summed E-state index contributed by atoms with van der Waals surface area (Å²) in [4.78, 5) is 29.0. The Balaban J connectivity index is 2.48. The summed E-state index contributed by atoms with van der Waals surface area (Å²) in [6, 6.07) is 9.42. The molecule has 1 amide bonds. The van der Waals surface area contributed by atoms with Crippen molar-refractivity contribution >= 4 is 23.4 Å². The van der Waals surface area contributed by atoms with Gasteiger partial charge >= 0.3 is 12.1 Å². The van der Waals surface area contributed by atoms with Gasteiger partial charge in [-0.25, -0.2) is 14.5 Å². The number of nitrogens with zero attached hydrogens (tertiary/aromatic N) is 2. The van der Waals surface area contributed by atoms with Crippen molar-refractivity contribution in [3.05, 3.63) is 54.4 Å². The highest BCUT2D eigenvalue weighted by Crippen LogP contribution is 2.28. The lowest BCUT2D eigenvalue weighted by atomic mass is 10.1. The Morgan fingerprint density at radius 3 is 2.30 bits per heavy atom. The molecule has 0 radical (unpaired) electrons. The van der Waals surface area contributed by atoms with E-state index in [0.717, 1.165) is 0 Å². The predicted molar refractivity (Wildman–Crippen MR) is 86.0 cm³/mol. The number of anilines is 2. The number of aromatic nitrogens is 1. The van der Waals surface area contributed by atoms with Gasteiger partial charge in [0.05, 0.1) is 16.9 Å². The van der Waals surface area contributed by atoms with Crippen LogP contribution in [-0.2, 0) is 4.74 Å². The summed E-state index contributed by atoms with van der Waals surface area (Å²) in [5, 5.41) is 9.14. The summed E-state index contributed by atoms with van der Waals surface area (Å²) in [6.07, 6.45) is 2.51. The van der Waals surface area contributed by atoms with E-state index in [9.17, 15) is 9.59 Å². The van der Waals surface area contributed by atoms with Gasteiger partial charge in [-0.1, -0.05) is 6.07 Å². The summed E-state index contributed by atoms with van der Waals surface area (Å²) in [6.45, 7) is 5.30. The second-order valence-electron chi connectivity index (χ2n) is 5.88. The Kier molecular flexibility index (Phi) is 4.64. The third kappa shape index (κ3) is 4.29. The van der Waals surface area contributed by atoms with E-state index in [1.54, 1.807) is 57.4 Å². The molecule has 1 N–H and O–H groups in total. The van der Waals surface area contributed by atoms with E-state index in [1.807, 2.05) is 0 Å². The largest absolute Gasteiger partial charge is 0.478 e. The Bertz CT molecular complexity index is 708. The smallest absolute Gasteiger partial charge is 0.419 e. The van der Waals surface area contributed by atoms with E-state index in [2.05, 4.69) is 4.98 Å². The van der Waals surface area contributed by atoms with Crippen LogP contribution in [0.3, 0.4) is 0 Å². The van der Waals surface area contributed by atoms with Crippen LogP contribution < -0.4 is 4.90 Å². The molecule has 6 nitrogen and oxygen atoms in total. The number of amides is 1. The molecule has 0 atom stereocenters. The number of benzene rings is 1. The number of carbonyl (C=O) groups excluding carboxylic acids is 1. The van der Waals surface area contributed by atoms with Crippen LogP contribution in [0.2, 0.25) is 0 Å². The molecule has 1 aromatic carbocycles. The highest BCUT2D eigenvalue weighted by Gasteiger charge is 2.25. The van der Waals surface area contributed by atoms with E-state index in [-0.39, 0.29) is 5.56 Å². The Hall–Kier alpha value is -2.89. The van der Waals surface area contributed by atoms with Crippen molar-refractivity contribution < 1.29 is 19.4 Å². The fraction of sp³-hybridized carbons (Fsp3) is 0.235. The zero-order valence-corrected chi connectivity index (χ0v) is 13.2. The number of ether oxygens (including phenoxy) is 1. The molecule has 1 aromatic heterocycles. The highest BCUT2D eigenvalue weighted by atomic mass is 16.6. The molecule has 23 heavy (non-hydrogen) atoms. The molecule has 0 bridgehead atoms. The van der Waals surface area contributed by atoms with E-state index in [4.69, 9.17) is 9.84 Å². The van der Waals surface area contributed by atoms with Gasteiger partial charge in [0.25, 0.3) is 0 Å². The summed E-state index contributed by atoms with van der Waals surface area (Å²) < 4.78 is 5.43. The first-order valence-electron chi connectivity index (χ1n) is 7.04. The minimum Gasteiger partial charge on any atom is -0.478 e. The van der Waals surface area contributed by atoms with Gasteiger partial charge < -0.3 is 9.84 Å².